The molecule has 1 saturated heterocycles. The van der Waals surface area contributed by atoms with Crippen LogP contribution in [0.15, 0.2) is 0 Å². The topological polar surface area (TPSA) is 36.9 Å². The molecule has 1 rings (SSSR count). The molecule has 0 aromatic rings. The normalized spacial score (nSPS) is 46.7. The van der Waals surface area contributed by atoms with Gasteiger partial charge in [-0.1, -0.05) is 0 Å². The van der Waals surface area contributed by atoms with Crippen LogP contribution >= 0.6 is 0 Å². The summed E-state index contributed by atoms with van der Waals surface area (Å²) < 4.78 is 23.8. The predicted octanol–water partition coefficient (Wildman–Crippen LogP) is -2.36. The van der Waals surface area contributed by atoms with E-state index < -0.39 is 35.9 Å². The average molecular weight is 301 g/mol. The van der Waals surface area contributed by atoms with Gasteiger partial charge in [0.25, 0.3) is 35.9 Å². The summed E-state index contributed by atoms with van der Waals surface area (Å²) in [5.41, 5.74) is 0. The fourth-order valence-corrected chi connectivity index (χ4v) is 32.0. The quantitative estimate of drug-likeness (QED) is 0.508. The molecule has 0 aliphatic carbocycles. The van der Waals surface area contributed by atoms with Gasteiger partial charge in [-0.2, -0.15) is 0 Å². The van der Waals surface area contributed by atoms with Crippen LogP contribution in [0.2, 0.25) is 26.2 Å². The Hall–Kier alpha value is 1.14. The lowest BCUT2D eigenvalue weighted by atomic mass is 11.9. The van der Waals surface area contributed by atoms with Crippen LogP contribution in [-0.2, 0) is 16.5 Å². The molecule has 1 aliphatic rings. The molecule has 0 bridgehead atoms. The van der Waals surface area contributed by atoms with Crippen molar-refractivity contribution >= 4 is 54.2 Å². The Bertz CT molecular complexity index is 179. The smallest absolute Gasteiger partial charge is 0.300 e. The summed E-state index contributed by atoms with van der Waals surface area (Å²) in [7, 11) is -4.88. The van der Waals surface area contributed by atoms with E-state index in [0.29, 0.717) is 0 Å². The van der Waals surface area contributed by atoms with E-state index in [0.717, 1.165) is 0 Å². The summed E-state index contributed by atoms with van der Waals surface area (Å²) in [6, 6.07) is 0. The largest absolute Gasteiger partial charge is 0.421 e. The summed E-state index contributed by atoms with van der Waals surface area (Å²) in [5, 5.41) is 0. The Morgan fingerprint density at radius 1 is 1.00 bits per heavy atom. The highest BCUT2D eigenvalue weighted by molar-refractivity contribution is 7.36. The van der Waals surface area contributed by atoms with Gasteiger partial charge in [0.05, 0.1) is 8.55 Å². The molecule has 10 heteroatoms. The van der Waals surface area contributed by atoms with E-state index in [1.54, 1.807) is 0 Å². The third-order valence-corrected chi connectivity index (χ3v) is 34.7. The van der Waals surface area contributed by atoms with Gasteiger partial charge in [-0.25, -0.2) is 0 Å². The van der Waals surface area contributed by atoms with Crippen LogP contribution in [0, 0.1) is 0 Å². The summed E-state index contributed by atoms with van der Waals surface area (Å²) in [5.74, 6) is 0. The Kier molecular flexibility index (Phi) is 5.15. The van der Waals surface area contributed by atoms with Crippen molar-refractivity contribution in [1.82, 2.24) is 0 Å². The molecule has 0 aromatic carbocycles. The van der Waals surface area contributed by atoms with Crippen molar-refractivity contribution in [2.24, 2.45) is 0 Å². The minimum absolute atomic E-state index is 0.0882. The predicted molar refractivity (Wildman–Crippen MR) is 73.5 cm³/mol. The van der Waals surface area contributed by atoms with Crippen LogP contribution in [0.1, 0.15) is 0 Å². The fourth-order valence-electron chi connectivity index (χ4n) is 1.52. The lowest BCUT2D eigenvalue weighted by Gasteiger charge is -2.36. The van der Waals surface area contributed by atoms with Gasteiger partial charge in [0.1, 0.15) is 0 Å². The second-order valence-electron chi connectivity index (χ2n) is 3.70. The molecule has 0 spiro atoms. The maximum Gasteiger partial charge on any atom is 0.300 e. The van der Waals surface area contributed by atoms with Crippen molar-refractivity contribution in [1.29, 1.82) is 0 Å². The second kappa shape index (κ2) is 5.46. The van der Waals surface area contributed by atoms with Crippen molar-refractivity contribution in [2.45, 2.75) is 26.2 Å². The maximum absolute atomic E-state index is 6.09. The van der Waals surface area contributed by atoms with Crippen molar-refractivity contribution in [2.75, 3.05) is 0 Å². The Morgan fingerprint density at radius 2 is 1.43 bits per heavy atom. The highest BCUT2D eigenvalue weighted by atomic mass is 29.6. The standard InChI is InChI=1S/C4H20O4Si6/c1-11-5-12(2)7-14(4,10-9)8-13(3)6-11/h11-13H,10H2,1-4,9H3. The third-order valence-electron chi connectivity index (χ3n) is 2.24. The highest BCUT2D eigenvalue weighted by Gasteiger charge is 2.37. The Balaban J connectivity index is 2.65. The summed E-state index contributed by atoms with van der Waals surface area (Å²) >= 11 is 0. The number of hydrogen-bond donors (Lipinski definition) is 0. The van der Waals surface area contributed by atoms with Gasteiger partial charge in [-0.15, -0.1) is 0 Å². The molecular formula is C4H20O4Si6. The molecule has 1 heterocycles. The second-order valence-corrected chi connectivity index (χ2v) is 26.5. The van der Waals surface area contributed by atoms with E-state index in [1.807, 2.05) is 0 Å². The molecule has 4 nitrogen and oxygen atoms in total. The maximum atomic E-state index is 6.09. The summed E-state index contributed by atoms with van der Waals surface area (Å²) in [6.45, 7) is 8.49. The van der Waals surface area contributed by atoms with Crippen molar-refractivity contribution in [3.05, 3.63) is 0 Å². The summed E-state index contributed by atoms with van der Waals surface area (Å²) in [4.78, 5) is 0. The first-order valence-corrected chi connectivity index (χ1v) is 21.7. The monoisotopic (exact) mass is 300 g/mol. The molecule has 0 aromatic heterocycles. The molecule has 1 aliphatic heterocycles. The fraction of sp³-hybridized carbons (Fsp3) is 1.00. The molecule has 1 fully saturated rings. The first-order valence-electron chi connectivity index (χ1n) is 5.12. The highest BCUT2D eigenvalue weighted by Crippen LogP contribution is 2.14. The van der Waals surface area contributed by atoms with Gasteiger partial charge in [0.15, 0.2) is 0 Å². The zero-order valence-corrected chi connectivity index (χ0v) is 17.5. The molecule has 0 saturated carbocycles. The molecule has 84 valence electrons. The van der Waals surface area contributed by atoms with Crippen LogP contribution in [0.25, 0.3) is 0 Å². The van der Waals surface area contributed by atoms with Crippen LogP contribution in [0.5, 0.6) is 0 Å². The lowest BCUT2D eigenvalue weighted by Crippen LogP contribution is -2.57. The van der Waals surface area contributed by atoms with Crippen molar-refractivity contribution < 1.29 is 16.5 Å². The number of hydrogen-bond acceptors (Lipinski definition) is 4. The van der Waals surface area contributed by atoms with E-state index >= 15 is 0 Å². The SMILES string of the molecule is C[SiH]1O[SiH](C)O[Si](C)([SiH2][SiH3])O[SiH](C)O1. The minimum atomic E-state index is -1.75. The summed E-state index contributed by atoms with van der Waals surface area (Å²) in [6.07, 6.45) is 0. The van der Waals surface area contributed by atoms with Gasteiger partial charge in [0.2, 0.25) is 0 Å². The molecule has 2 atom stereocenters. The minimum Gasteiger partial charge on any atom is -0.421 e. The van der Waals surface area contributed by atoms with E-state index in [4.69, 9.17) is 16.5 Å². The van der Waals surface area contributed by atoms with Gasteiger partial charge >= 0.3 is 0 Å². The molecule has 0 radical (unpaired) electrons. The Labute approximate surface area is 96.9 Å². The van der Waals surface area contributed by atoms with E-state index in [2.05, 4.69) is 26.2 Å². The van der Waals surface area contributed by atoms with Gasteiger partial charge in [-0.05, 0) is 35.9 Å². The van der Waals surface area contributed by atoms with Gasteiger partial charge in [-0.3, -0.25) is 0 Å². The van der Waals surface area contributed by atoms with Crippen LogP contribution in [0.3, 0.4) is 0 Å². The van der Waals surface area contributed by atoms with E-state index in [1.165, 1.54) is 9.76 Å². The first-order chi connectivity index (χ1) is 6.45. The van der Waals surface area contributed by atoms with Crippen LogP contribution < -0.4 is 0 Å². The van der Waals surface area contributed by atoms with Crippen LogP contribution in [-0.4, -0.2) is 54.2 Å². The molecule has 2 unspecified atom stereocenters. The molecular weight excluding hydrogens is 281 g/mol. The zero-order valence-electron chi connectivity index (χ0n) is 9.57. The van der Waals surface area contributed by atoms with E-state index in [-0.39, 0.29) is 8.55 Å². The first kappa shape index (κ1) is 13.2. The van der Waals surface area contributed by atoms with Gasteiger partial charge in [0, 0.05) is 0 Å². The number of rotatable bonds is 1. The molecule has 0 N–H and O–H groups in total. The Morgan fingerprint density at radius 3 is 1.79 bits per heavy atom. The molecule has 14 heavy (non-hydrogen) atoms. The van der Waals surface area contributed by atoms with Crippen molar-refractivity contribution in [3.8, 4) is 0 Å². The average Bonchev–Trinajstić information content (AvgIpc) is 2.00. The van der Waals surface area contributed by atoms with E-state index in [9.17, 15) is 0 Å². The van der Waals surface area contributed by atoms with Crippen LogP contribution in [0.4, 0.5) is 0 Å². The lowest BCUT2D eigenvalue weighted by molar-refractivity contribution is 0.288. The molecule has 0 amide bonds. The third kappa shape index (κ3) is 3.95. The van der Waals surface area contributed by atoms with Crippen molar-refractivity contribution in [3.63, 3.8) is 0 Å². The van der Waals surface area contributed by atoms with Gasteiger partial charge < -0.3 is 16.5 Å². The zero-order chi connectivity index (χ0) is 10.8.